The monoisotopic (exact) mass is 623 g/mol. The summed E-state index contributed by atoms with van der Waals surface area (Å²) in [7, 11) is 3.17. The first-order valence-corrected chi connectivity index (χ1v) is 15.5. The molecule has 0 spiro atoms. The largest absolute Gasteiger partial charge is 0.496 e. The summed E-state index contributed by atoms with van der Waals surface area (Å²) in [6.45, 7) is 4.99. The third kappa shape index (κ3) is 6.21. The average Bonchev–Trinajstić information content (AvgIpc) is 3.48. The Bertz CT molecular complexity index is 1450. The number of halogens is 2. The molecule has 2 aliphatic heterocycles. The van der Waals surface area contributed by atoms with Crippen LogP contribution in [0.2, 0.25) is 10.0 Å². The Morgan fingerprint density at radius 1 is 0.907 bits per heavy atom. The lowest BCUT2D eigenvalue weighted by Gasteiger charge is -2.37. The molecule has 0 bridgehead atoms. The van der Waals surface area contributed by atoms with Crippen molar-refractivity contribution < 1.29 is 19.1 Å². The highest BCUT2D eigenvalue weighted by Gasteiger charge is 2.44. The van der Waals surface area contributed by atoms with Crippen LogP contribution in [0.15, 0.2) is 60.7 Å². The van der Waals surface area contributed by atoms with Crippen molar-refractivity contribution in [3.8, 4) is 11.5 Å². The molecule has 0 aromatic heterocycles. The number of benzene rings is 3. The highest BCUT2D eigenvalue weighted by Crippen LogP contribution is 2.41. The van der Waals surface area contributed by atoms with Gasteiger partial charge < -0.3 is 25.0 Å². The fourth-order valence-corrected chi connectivity index (χ4v) is 6.99. The van der Waals surface area contributed by atoms with Crippen LogP contribution in [-0.4, -0.2) is 63.7 Å². The Kier molecular flexibility index (Phi) is 9.54. The summed E-state index contributed by atoms with van der Waals surface area (Å²) < 4.78 is 11.0. The topological polar surface area (TPSA) is 79.9 Å². The molecule has 9 heteroatoms. The molecule has 2 heterocycles. The quantitative estimate of drug-likeness (QED) is 0.309. The van der Waals surface area contributed by atoms with Crippen LogP contribution in [0.25, 0.3) is 0 Å². The van der Waals surface area contributed by atoms with Crippen molar-refractivity contribution in [2.45, 2.75) is 43.4 Å². The van der Waals surface area contributed by atoms with Crippen molar-refractivity contribution in [3.63, 3.8) is 0 Å². The van der Waals surface area contributed by atoms with Crippen LogP contribution in [0.1, 0.15) is 52.7 Å². The number of methoxy groups -OCH3 is 2. The first-order chi connectivity index (χ1) is 20.7. The summed E-state index contributed by atoms with van der Waals surface area (Å²) in [5, 5.41) is 7.63. The van der Waals surface area contributed by atoms with Crippen molar-refractivity contribution in [1.82, 2.24) is 15.5 Å². The minimum absolute atomic E-state index is 0.0502. The summed E-state index contributed by atoms with van der Waals surface area (Å²) in [5.41, 5.74) is 2.42. The van der Waals surface area contributed by atoms with Gasteiger partial charge in [-0.25, -0.2) is 0 Å². The summed E-state index contributed by atoms with van der Waals surface area (Å²) in [6.07, 6.45) is 2.85. The second kappa shape index (κ2) is 13.2. The van der Waals surface area contributed by atoms with E-state index in [2.05, 4.69) is 22.8 Å². The van der Waals surface area contributed by atoms with E-state index in [1.165, 1.54) is 0 Å². The minimum atomic E-state index is -0.565. The molecule has 2 aliphatic rings. The average molecular weight is 625 g/mol. The van der Waals surface area contributed by atoms with E-state index in [-0.39, 0.29) is 11.8 Å². The second-order valence-electron chi connectivity index (χ2n) is 11.6. The number of piperidine rings is 1. The SMILES string of the molecule is COc1cc(C(=O)N2CCC(CCNC(=O)C3(c4ccccc4)CCNCC3)(c3ccc(Cl)c(Cl)c3)C2)cc(OC)c1C. The van der Waals surface area contributed by atoms with Gasteiger partial charge in [0.1, 0.15) is 11.5 Å². The van der Waals surface area contributed by atoms with Gasteiger partial charge in [-0.1, -0.05) is 59.6 Å². The molecule has 7 nitrogen and oxygen atoms in total. The summed E-state index contributed by atoms with van der Waals surface area (Å²) in [5.74, 6) is 1.16. The number of rotatable bonds is 9. The van der Waals surface area contributed by atoms with Gasteiger partial charge >= 0.3 is 0 Å². The molecule has 2 saturated heterocycles. The molecular weight excluding hydrogens is 585 g/mol. The van der Waals surface area contributed by atoms with E-state index < -0.39 is 10.8 Å². The van der Waals surface area contributed by atoms with Crippen LogP contribution in [0.4, 0.5) is 0 Å². The van der Waals surface area contributed by atoms with Gasteiger partial charge in [-0.3, -0.25) is 9.59 Å². The Balaban J connectivity index is 1.38. The van der Waals surface area contributed by atoms with Crippen LogP contribution < -0.4 is 20.1 Å². The van der Waals surface area contributed by atoms with Gasteiger partial charge in [-0.05, 0) is 81.1 Å². The molecule has 3 aromatic rings. The molecule has 0 saturated carbocycles. The zero-order chi connectivity index (χ0) is 30.6. The van der Waals surface area contributed by atoms with E-state index in [0.717, 1.165) is 49.0 Å². The lowest BCUT2D eigenvalue weighted by Crippen LogP contribution is -2.51. The van der Waals surface area contributed by atoms with Gasteiger partial charge in [-0.15, -0.1) is 0 Å². The van der Waals surface area contributed by atoms with E-state index in [1.807, 2.05) is 42.2 Å². The van der Waals surface area contributed by atoms with Gasteiger partial charge in [0.2, 0.25) is 5.91 Å². The van der Waals surface area contributed by atoms with E-state index in [9.17, 15) is 9.59 Å². The molecule has 2 amide bonds. The van der Waals surface area contributed by atoms with E-state index >= 15 is 0 Å². The van der Waals surface area contributed by atoms with Crippen LogP contribution in [0.5, 0.6) is 11.5 Å². The molecule has 3 aromatic carbocycles. The molecular formula is C34H39Cl2N3O4. The summed E-state index contributed by atoms with van der Waals surface area (Å²) in [6, 6.07) is 19.3. The summed E-state index contributed by atoms with van der Waals surface area (Å²) in [4.78, 5) is 29.6. The number of nitrogens with one attached hydrogen (secondary N) is 2. The van der Waals surface area contributed by atoms with Crippen molar-refractivity contribution in [3.05, 3.63) is 93.0 Å². The molecule has 2 fully saturated rings. The van der Waals surface area contributed by atoms with E-state index in [0.29, 0.717) is 53.2 Å². The molecule has 1 atom stereocenters. The summed E-state index contributed by atoms with van der Waals surface area (Å²) >= 11 is 12.8. The number of hydrogen-bond donors (Lipinski definition) is 2. The van der Waals surface area contributed by atoms with Crippen LogP contribution in [0, 0.1) is 6.92 Å². The lowest BCUT2D eigenvalue weighted by molar-refractivity contribution is -0.127. The number of nitrogens with zero attached hydrogens (tertiary/aromatic N) is 1. The maximum Gasteiger partial charge on any atom is 0.254 e. The standard InChI is InChI=1S/C34H39Cl2N3O4/c1-23-29(42-2)19-24(20-30(23)43-3)31(40)39-18-14-33(22-39,26-9-10-27(35)28(36)21-26)11-17-38-32(41)34(12-15-37-16-13-34)25-7-5-4-6-8-25/h4-10,19-21,37H,11-18,22H2,1-3H3,(H,38,41). The molecule has 0 radical (unpaired) electrons. The Labute approximate surface area is 263 Å². The zero-order valence-corrected chi connectivity index (χ0v) is 26.5. The lowest BCUT2D eigenvalue weighted by atomic mass is 9.72. The number of amides is 2. The van der Waals surface area contributed by atoms with Gasteiger partial charge in [0.25, 0.3) is 5.91 Å². The molecule has 5 rings (SSSR count). The Morgan fingerprint density at radius 3 is 2.21 bits per heavy atom. The van der Waals surface area contributed by atoms with Gasteiger partial charge in [0, 0.05) is 36.2 Å². The first-order valence-electron chi connectivity index (χ1n) is 14.7. The fourth-order valence-electron chi connectivity index (χ4n) is 6.69. The van der Waals surface area contributed by atoms with Crippen LogP contribution >= 0.6 is 23.2 Å². The molecule has 228 valence electrons. The third-order valence-corrected chi connectivity index (χ3v) is 10.0. The van der Waals surface area contributed by atoms with Crippen molar-refractivity contribution in [2.75, 3.05) is 46.9 Å². The fraction of sp³-hybridized carbons (Fsp3) is 0.412. The van der Waals surface area contributed by atoms with Crippen molar-refractivity contribution in [2.24, 2.45) is 0 Å². The number of hydrogen-bond acceptors (Lipinski definition) is 5. The van der Waals surface area contributed by atoms with Gasteiger partial charge in [0.05, 0.1) is 29.7 Å². The van der Waals surface area contributed by atoms with Gasteiger partial charge in [0.15, 0.2) is 0 Å². The van der Waals surface area contributed by atoms with Crippen LogP contribution in [0.3, 0.4) is 0 Å². The number of ether oxygens (including phenoxy) is 2. The number of carbonyl (C=O) groups excluding carboxylic acids is 2. The molecule has 0 aliphatic carbocycles. The maximum absolute atomic E-state index is 13.9. The Hall–Kier alpha value is -3.26. The second-order valence-corrected chi connectivity index (χ2v) is 12.4. The normalized spacial score (nSPS) is 19.6. The minimum Gasteiger partial charge on any atom is -0.496 e. The Morgan fingerprint density at radius 2 is 1.58 bits per heavy atom. The number of carbonyl (C=O) groups is 2. The highest BCUT2D eigenvalue weighted by molar-refractivity contribution is 6.42. The highest BCUT2D eigenvalue weighted by atomic mass is 35.5. The number of likely N-dealkylation sites (tertiary alicyclic amines) is 1. The van der Waals surface area contributed by atoms with Crippen molar-refractivity contribution in [1.29, 1.82) is 0 Å². The maximum atomic E-state index is 13.9. The smallest absolute Gasteiger partial charge is 0.254 e. The van der Waals surface area contributed by atoms with Crippen molar-refractivity contribution >= 4 is 35.0 Å². The zero-order valence-electron chi connectivity index (χ0n) is 25.0. The molecule has 2 N–H and O–H groups in total. The predicted octanol–water partition coefficient (Wildman–Crippen LogP) is 5.93. The van der Waals surface area contributed by atoms with E-state index in [4.69, 9.17) is 32.7 Å². The third-order valence-electron chi connectivity index (χ3n) is 9.28. The molecule has 1 unspecified atom stereocenters. The van der Waals surface area contributed by atoms with Crippen LogP contribution in [-0.2, 0) is 15.6 Å². The van der Waals surface area contributed by atoms with E-state index in [1.54, 1.807) is 32.4 Å². The van der Waals surface area contributed by atoms with Gasteiger partial charge in [-0.2, -0.15) is 0 Å². The first kappa shape index (κ1) is 31.2. The predicted molar refractivity (Wildman–Crippen MR) is 171 cm³/mol. The molecule has 43 heavy (non-hydrogen) atoms.